The fourth-order valence-electron chi connectivity index (χ4n) is 1.31. The molecule has 1 heterocycles. The van der Waals surface area contributed by atoms with E-state index < -0.39 is 11.7 Å². The van der Waals surface area contributed by atoms with Gasteiger partial charge in [0.05, 0.1) is 5.69 Å². The Morgan fingerprint density at radius 3 is 2.64 bits per heavy atom. The number of aromatic nitrogens is 1. The molecule has 5 heteroatoms. The van der Waals surface area contributed by atoms with Gasteiger partial charge in [0.2, 0.25) is 0 Å². The topological polar surface area (TPSA) is 26.0 Å². The van der Waals surface area contributed by atoms with Gasteiger partial charge in [0.1, 0.15) is 5.56 Å². The summed E-state index contributed by atoms with van der Waals surface area (Å²) < 4.78 is 42.0. The predicted octanol–water partition coefficient (Wildman–Crippen LogP) is 3.16. The summed E-state index contributed by atoms with van der Waals surface area (Å²) in [5, 5.41) is 3.90. The molecule has 0 atom stereocenters. The molecule has 0 bridgehead atoms. The van der Waals surface area contributed by atoms with Crippen LogP contribution in [0.3, 0.4) is 0 Å². The second kappa shape index (κ2) is 2.73. The fraction of sp³-hybridized carbons (Fsp3) is 0.222. The van der Waals surface area contributed by atoms with Crippen LogP contribution in [-0.2, 0) is 6.18 Å². The highest BCUT2D eigenvalue weighted by atomic mass is 19.4. The van der Waals surface area contributed by atoms with Gasteiger partial charge in [-0.25, -0.2) is 0 Å². The average molecular weight is 201 g/mol. The van der Waals surface area contributed by atoms with E-state index in [0.717, 1.165) is 6.07 Å². The first-order valence-electron chi connectivity index (χ1n) is 3.92. The van der Waals surface area contributed by atoms with Gasteiger partial charge in [-0.15, -0.1) is 0 Å². The Bertz CT molecular complexity index is 472. The molecule has 2 rings (SSSR count). The standard InChI is InChI=1S/C9H6F3NO/c1-5-6-3-2-4-7(9(10,11)12)8(6)14-13-5/h2-4H,1H3. The van der Waals surface area contributed by atoms with E-state index >= 15 is 0 Å². The maximum Gasteiger partial charge on any atom is 0.420 e. The first-order chi connectivity index (χ1) is 6.50. The number of halogens is 3. The third kappa shape index (κ3) is 1.25. The van der Waals surface area contributed by atoms with Gasteiger partial charge in [0.25, 0.3) is 0 Å². The quantitative estimate of drug-likeness (QED) is 0.654. The van der Waals surface area contributed by atoms with Gasteiger partial charge in [0.15, 0.2) is 5.58 Å². The minimum absolute atomic E-state index is 0.197. The molecule has 1 aromatic carbocycles. The molecule has 0 fully saturated rings. The van der Waals surface area contributed by atoms with Crippen LogP contribution in [0.2, 0.25) is 0 Å². The van der Waals surface area contributed by atoms with Crippen LogP contribution in [0.1, 0.15) is 11.3 Å². The van der Waals surface area contributed by atoms with E-state index in [1.807, 2.05) is 0 Å². The molecule has 0 aliphatic carbocycles. The maximum absolute atomic E-state index is 12.4. The van der Waals surface area contributed by atoms with Crippen molar-refractivity contribution in [3.63, 3.8) is 0 Å². The molecular weight excluding hydrogens is 195 g/mol. The maximum atomic E-state index is 12.4. The van der Waals surface area contributed by atoms with Crippen molar-refractivity contribution in [2.75, 3.05) is 0 Å². The molecule has 0 aliphatic rings. The molecule has 74 valence electrons. The zero-order valence-corrected chi connectivity index (χ0v) is 7.22. The number of hydrogen-bond acceptors (Lipinski definition) is 2. The Hall–Kier alpha value is -1.52. The molecule has 2 nitrogen and oxygen atoms in total. The molecule has 0 saturated heterocycles. The van der Waals surface area contributed by atoms with Gasteiger partial charge in [-0.3, -0.25) is 0 Å². The van der Waals surface area contributed by atoms with E-state index in [1.54, 1.807) is 13.0 Å². The lowest BCUT2D eigenvalue weighted by Gasteiger charge is -2.05. The van der Waals surface area contributed by atoms with E-state index in [1.165, 1.54) is 6.07 Å². The summed E-state index contributed by atoms with van der Waals surface area (Å²) in [6.45, 7) is 1.60. The number of aryl methyl sites for hydroxylation is 1. The summed E-state index contributed by atoms with van der Waals surface area (Å²) >= 11 is 0. The number of alkyl halides is 3. The molecule has 14 heavy (non-hydrogen) atoms. The second-order valence-electron chi connectivity index (χ2n) is 2.95. The lowest BCUT2D eigenvalue weighted by atomic mass is 10.1. The third-order valence-corrected chi connectivity index (χ3v) is 1.98. The van der Waals surface area contributed by atoms with Crippen LogP contribution in [0.5, 0.6) is 0 Å². The molecule has 2 aromatic rings. The number of rotatable bonds is 0. The van der Waals surface area contributed by atoms with Gasteiger partial charge < -0.3 is 4.52 Å². The van der Waals surface area contributed by atoms with Crippen molar-refractivity contribution in [3.05, 3.63) is 29.5 Å². The SMILES string of the molecule is Cc1noc2c(C(F)(F)F)cccc12. The summed E-state index contributed by atoms with van der Waals surface area (Å²) in [5.41, 5.74) is -0.515. The molecule has 0 spiro atoms. The Labute approximate surface area is 77.3 Å². The summed E-state index contributed by atoms with van der Waals surface area (Å²) in [6, 6.07) is 3.87. The predicted molar refractivity (Wildman–Crippen MR) is 43.7 cm³/mol. The highest BCUT2D eigenvalue weighted by Crippen LogP contribution is 2.35. The lowest BCUT2D eigenvalue weighted by molar-refractivity contribution is -0.137. The summed E-state index contributed by atoms with van der Waals surface area (Å²) in [4.78, 5) is 0. The van der Waals surface area contributed by atoms with Crippen LogP contribution in [-0.4, -0.2) is 5.16 Å². The normalized spacial score (nSPS) is 12.3. The Morgan fingerprint density at radius 2 is 2.00 bits per heavy atom. The molecule has 0 aliphatic heterocycles. The minimum atomic E-state index is -4.40. The van der Waals surface area contributed by atoms with Crippen molar-refractivity contribution in [2.24, 2.45) is 0 Å². The van der Waals surface area contributed by atoms with Crippen LogP contribution in [0.25, 0.3) is 11.0 Å². The smallest absolute Gasteiger partial charge is 0.355 e. The number of hydrogen-bond donors (Lipinski definition) is 0. The fourth-order valence-corrected chi connectivity index (χ4v) is 1.31. The van der Waals surface area contributed by atoms with Crippen LogP contribution in [0.4, 0.5) is 13.2 Å². The van der Waals surface area contributed by atoms with Gasteiger partial charge in [0, 0.05) is 5.39 Å². The molecule has 0 N–H and O–H groups in total. The first kappa shape index (κ1) is 9.05. The number of benzene rings is 1. The monoisotopic (exact) mass is 201 g/mol. The minimum Gasteiger partial charge on any atom is -0.355 e. The van der Waals surface area contributed by atoms with Crippen LogP contribution in [0, 0.1) is 6.92 Å². The van der Waals surface area contributed by atoms with E-state index in [9.17, 15) is 13.2 Å². The summed E-state index contributed by atoms with van der Waals surface area (Å²) in [7, 11) is 0. The van der Waals surface area contributed by atoms with Crippen molar-refractivity contribution in [2.45, 2.75) is 13.1 Å². The lowest BCUT2D eigenvalue weighted by Crippen LogP contribution is -2.04. The molecule has 0 unspecified atom stereocenters. The number of fused-ring (bicyclic) bond motifs is 1. The highest BCUT2D eigenvalue weighted by Gasteiger charge is 2.34. The Balaban J connectivity index is 2.79. The zero-order chi connectivity index (χ0) is 10.3. The van der Waals surface area contributed by atoms with Crippen LogP contribution < -0.4 is 0 Å². The van der Waals surface area contributed by atoms with Crippen molar-refractivity contribution in [1.29, 1.82) is 0 Å². The van der Waals surface area contributed by atoms with Crippen molar-refractivity contribution in [1.82, 2.24) is 5.16 Å². The van der Waals surface area contributed by atoms with Gasteiger partial charge in [-0.1, -0.05) is 11.2 Å². The average Bonchev–Trinajstić information content (AvgIpc) is 2.46. The van der Waals surface area contributed by atoms with Crippen LogP contribution >= 0.6 is 0 Å². The summed E-state index contributed by atoms with van der Waals surface area (Å²) in [6.07, 6.45) is -4.40. The number of nitrogens with zero attached hydrogens (tertiary/aromatic N) is 1. The Kier molecular flexibility index (Phi) is 1.77. The van der Waals surface area contributed by atoms with Gasteiger partial charge >= 0.3 is 6.18 Å². The molecule has 1 aromatic heterocycles. The van der Waals surface area contributed by atoms with Crippen molar-refractivity contribution in [3.8, 4) is 0 Å². The largest absolute Gasteiger partial charge is 0.420 e. The molecule has 0 saturated carbocycles. The van der Waals surface area contributed by atoms with E-state index in [2.05, 4.69) is 9.68 Å². The van der Waals surface area contributed by atoms with Crippen molar-refractivity contribution >= 4 is 11.0 Å². The molecule has 0 radical (unpaired) electrons. The molecule has 0 amide bonds. The van der Waals surface area contributed by atoms with E-state index in [-0.39, 0.29) is 5.58 Å². The van der Waals surface area contributed by atoms with E-state index in [4.69, 9.17) is 0 Å². The Morgan fingerprint density at radius 1 is 1.29 bits per heavy atom. The van der Waals surface area contributed by atoms with Gasteiger partial charge in [-0.2, -0.15) is 13.2 Å². The third-order valence-electron chi connectivity index (χ3n) is 1.98. The molecular formula is C9H6F3NO. The highest BCUT2D eigenvalue weighted by molar-refractivity contribution is 5.82. The van der Waals surface area contributed by atoms with Gasteiger partial charge in [-0.05, 0) is 19.1 Å². The zero-order valence-electron chi connectivity index (χ0n) is 7.22. The number of para-hydroxylation sites is 1. The first-order valence-corrected chi connectivity index (χ1v) is 3.92. The second-order valence-corrected chi connectivity index (χ2v) is 2.95. The van der Waals surface area contributed by atoms with E-state index in [0.29, 0.717) is 11.1 Å². The van der Waals surface area contributed by atoms with Crippen molar-refractivity contribution < 1.29 is 17.7 Å². The van der Waals surface area contributed by atoms with Crippen LogP contribution in [0.15, 0.2) is 22.7 Å². The summed E-state index contributed by atoms with van der Waals surface area (Å²) in [5.74, 6) is 0.